The summed E-state index contributed by atoms with van der Waals surface area (Å²) in [5.41, 5.74) is 2.96. The molecule has 0 spiro atoms. The maximum atomic E-state index is 12.4. The Morgan fingerprint density at radius 1 is 1.32 bits per heavy atom. The minimum atomic E-state index is -0.232. The molecule has 1 N–H and O–H groups in total. The van der Waals surface area contributed by atoms with Gasteiger partial charge < -0.3 is 4.52 Å². The average molecular weight is 313 g/mol. The van der Waals surface area contributed by atoms with Crippen molar-refractivity contribution in [1.82, 2.24) is 10.1 Å². The van der Waals surface area contributed by atoms with Gasteiger partial charge in [-0.3, -0.25) is 10.1 Å². The van der Waals surface area contributed by atoms with Gasteiger partial charge in [-0.05, 0) is 6.92 Å². The van der Waals surface area contributed by atoms with Crippen LogP contribution in [0.3, 0.4) is 0 Å². The zero-order valence-electron chi connectivity index (χ0n) is 12.3. The summed E-state index contributed by atoms with van der Waals surface area (Å²) in [4.78, 5) is 16.8. The van der Waals surface area contributed by atoms with E-state index >= 15 is 0 Å². The van der Waals surface area contributed by atoms with Gasteiger partial charge in [0.25, 0.3) is 5.91 Å². The molecule has 2 heterocycles. The molecule has 0 radical (unpaired) electrons. The first kappa shape index (κ1) is 14.5. The third kappa shape index (κ3) is 2.78. The number of hydrogen-bond donors (Lipinski definition) is 1. The fourth-order valence-corrected chi connectivity index (χ4v) is 2.90. The lowest BCUT2D eigenvalue weighted by Gasteiger charge is -2.01. The highest BCUT2D eigenvalue weighted by atomic mass is 32.1. The minimum Gasteiger partial charge on any atom is -0.360 e. The minimum absolute atomic E-state index is 0.232. The molecule has 0 aliphatic heterocycles. The number of nitrogens with one attached hydrogen (secondary N) is 1. The van der Waals surface area contributed by atoms with Gasteiger partial charge in [-0.15, -0.1) is 11.3 Å². The fourth-order valence-electron chi connectivity index (χ4n) is 2.18. The normalized spacial score (nSPS) is 10.6. The zero-order valence-corrected chi connectivity index (χ0v) is 13.1. The Balaban J connectivity index is 1.81. The first-order valence-electron chi connectivity index (χ1n) is 6.96. The molecule has 112 valence electrons. The number of nitrogens with zero attached hydrogens (tertiary/aromatic N) is 2. The number of aromatic nitrogens is 2. The summed E-state index contributed by atoms with van der Waals surface area (Å²) in [5.74, 6) is 0.361. The van der Waals surface area contributed by atoms with E-state index in [9.17, 15) is 4.79 Å². The summed E-state index contributed by atoms with van der Waals surface area (Å²) in [6.07, 6.45) is 0.622. The number of benzene rings is 1. The molecule has 2 aromatic heterocycles. The molecule has 5 nitrogen and oxygen atoms in total. The first-order valence-corrected chi connectivity index (χ1v) is 7.84. The Bertz CT molecular complexity index is 793. The lowest BCUT2D eigenvalue weighted by molar-refractivity contribution is 0.102. The van der Waals surface area contributed by atoms with Gasteiger partial charge in [0.05, 0.1) is 11.4 Å². The van der Waals surface area contributed by atoms with Gasteiger partial charge in [0.15, 0.2) is 5.13 Å². The van der Waals surface area contributed by atoms with E-state index in [4.69, 9.17) is 4.52 Å². The van der Waals surface area contributed by atoms with Crippen molar-refractivity contribution in [2.75, 3.05) is 5.32 Å². The van der Waals surface area contributed by atoms with Crippen LogP contribution in [-0.4, -0.2) is 16.0 Å². The Hall–Kier alpha value is -2.47. The van der Waals surface area contributed by atoms with Crippen LogP contribution in [0.1, 0.15) is 28.7 Å². The Labute approximate surface area is 132 Å². The van der Waals surface area contributed by atoms with Gasteiger partial charge in [0.2, 0.25) is 0 Å². The summed E-state index contributed by atoms with van der Waals surface area (Å²) in [6.45, 7) is 3.68. The van der Waals surface area contributed by atoms with Gasteiger partial charge >= 0.3 is 0 Å². The standard InChI is InChI=1S/C16H15N3O2S/c1-3-13-14(10(2)19-21-13)15(20)18-16-17-12(9-22-16)11-7-5-4-6-8-11/h4-9H,3H2,1-2H3,(H,17,18,20). The molecule has 0 unspecified atom stereocenters. The molecule has 22 heavy (non-hydrogen) atoms. The third-order valence-corrected chi connectivity index (χ3v) is 4.03. The smallest absolute Gasteiger partial charge is 0.262 e. The van der Waals surface area contributed by atoms with Crippen molar-refractivity contribution in [3.63, 3.8) is 0 Å². The molecule has 6 heteroatoms. The molecule has 1 aromatic carbocycles. The number of carbonyl (C=O) groups excluding carboxylic acids is 1. The molecular formula is C16H15N3O2S. The predicted molar refractivity (Wildman–Crippen MR) is 86.1 cm³/mol. The average Bonchev–Trinajstić information content (AvgIpc) is 3.14. The highest BCUT2D eigenvalue weighted by Crippen LogP contribution is 2.25. The Morgan fingerprint density at radius 3 is 2.82 bits per heavy atom. The summed E-state index contributed by atoms with van der Waals surface area (Å²) in [6, 6.07) is 9.85. The number of thiazole rings is 1. The number of anilines is 1. The van der Waals surface area contributed by atoms with Crippen LogP contribution in [0.2, 0.25) is 0 Å². The predicted octanol–water partition coefficient (Wildman–Crippen LogP) is 3.92. The first-order chi connectivity index (χ1) is 10.7. The van der Waals surface area contributed by atoms with E-state index in [2.05, 4.69) is 15.5 Å². The topological polar surface area (TPSA) is 68.0 Å². The number of aryl methyl sites for hydroxylation is 2. The van der Waals surface area contributed by atoms with Crippen molar-refractivity contribution in [2.45, 2.75) is 20.3 Å². The van der Waals surface area contributed by atoms with E-state index in [-0.39, 0.29) is 5.91 Å². The molecule has 0 aliphatic carbocycles. The number of rotatable bonds is 4. The van der Waals surface area contributed by atoms with Crippen LogP contribution in [0.4, 0.5) is 5.13 Å². The van der Waals surface area contributed by atoms with Gasteiger partial charge in [0.1, 0.15) is 11.3 Å². The second kappa shape index (κ2) is 6.11. The molecule has 0 atom stereocenters. The molecule has 0 bridgehead atoms. The molecule has 0 saturated carbocycles. The number of hydrogen-bond acceptors (Lipinski definition) is 5. The Morgan fingerprint density at radius 2 is 2.09 bits per heavy atom. The van der Waals surface area contributed by atoms with Crippen LogP contribution < -0.4 is 5.32 Å². The molecule has 0 fully saturated rings. The van der Waals surface area contributed by atoms with E-state index in [1.54, 1.807) is 6.92 Å². The second-order valence-corrected chi connectivity index (χ2v) is 5.64. The summed E-state index contributed by atoms with van der Waals surface area (Å²) >= 11 is 1.40. The molecule has 0 saturated heterocycles. The van der Waals surface area contributed by atoms with Crippen molar-refractivity contribution in [2.24, 2.45) is 0 Å². The monoisotopic (exact) mass is 313 g/mol. The molecule has 1 amide bonds. The lowest BCUT2D eigenvalue weighted by atomic mass is 10.1. The summed E-state index contributed by atoms with van der Waals surface area (Å²) in [7, 11) is 0. The third-order valence-electron chi connectivity index (χ3n) is 3.28. The number of amides is 1. The Kier molecular flexibility index (Phi) is 4.02. The zero-order chi connectivity index (χ0) is 15.5. The van der Waals surface area contributed by atoms with Crippen molar-refractivity contribution in [1.29, 1.82) is 0 Å². The highest BCUT2D eigenvalue weighted by Gasteiger charge is 2.20. The van der Waals surface area contributed by atoms with Gasteiger partial charge in [-0.1, -0.05) is 42.4 Å². The molecule has 3 rings (SSSR count). The van der Waals surface area contributed by atoms with E-state index in [1.165, 1.54) is 11.3 Å². The van der Waals surface area contributed by atoms with Crippen LogP contribution in [0, 0.1) is 6.92 Å². The quantitative estimate of drug-likeness (QED) is 0.792. The van der Waals surface area contributed by atoms with Crippen LogP contribution in [-0.2, 0) is 6.42 Å². The second-order valence-electron chi connectivity index (χ2n) is 4.78. The lowest BCUT2D eigenvalue weighted by Crippen LogP contribution is -2.14. The van der Waals surface area contributed by atoms with E-state index in [0.29, 0.717) is 28.6 Å². The summed E-state index contributed by atoms with van der Waals surface area (Å²) in [5, 5.41) is 9.15. The maximum Gasteiger partial charge on any atom is 0.262 e. The fraction of sp³-hybridized carbons (Fsp3) is 0.188. The highest BCUT2D eigenvalue weighted by molar-refractivity contribution is 7.14. The molecule has 0 aliphatic rings. The van der Waals surface area contributed by atoms with Gasteiger partial charge in [-0.2, -0.15) is 0 Å². The van der Waals surface area contributed by atoms with Gasteiger partial charge in [0, 0.05) is 17.4 Å². The molecular weight excluding hydrogens is 298 g/mol. The number of carbonyl (C=O) groups is 1. The van der Waals surface area contributed by atoms with Crippen LogP contribution in [0.25, 0.3) is 11.3 Å². The van der Waals surface area contributed by atoms with Crippen molar-refractivity contribution in [3.8, 4) is 11.3 Å². The summed E-state index contributed by atoms with van der Waals surface area (Å²) < 4.78 is 5.15. The van der Waals surface area contributed by atoms with Crippen molar-refractivity contribution in [3.05, 3.63) is 52.7 Å². The van der Waals surface area contributed by atoms with E-state index < -0.39 is 0 Å². The van der Waals surface area contributed by atoms with Crippen LogP contribution in [0.15, 0.2) is 40.2 Å². The SMILES string of the molecule is CCc1onc(C)c1C(=O)Nc1nc(-c2ccccc2)cs1. The van der Waals surface area contributed by atoms with E-state index in [0.717, 1.165) is 11.3 Å². The van der Waals surface area contributed by atoms with Crippen molar-refractivity contribution < 1.29 is 9.32 Å². The molecule has 3 aromatic rings. The van der Waals surface area contributed by atoms with Gasteiger partial charge in [-0.25, -0.2) is 4.98 Å². The van der Waals surface area contributed by atoms with E-state index in [1.807, 2.05) is 42.6 Å². The van der Waals surface area contributed by atoms with Crippen LogP contribution in [0.5, 0.6) is 0 Å². The van der Waals surface area contributed by atoms with Crippen LogP contribution >= 0.6 is 11.3 Å². The maximum absolute atomic E-state index is 12.4. The van der Waals surface area contributed by atoms with Crippen molar-refractivity contribution >= 4 is 22.4 Å². The largest absolute Gasteiger partial charge is 0.360 e.